The normalized spacial score (nSPS) is 10.2. The quantitative estimate of drug-likeness (QED) is 0.808. The summed E-state index contributed by atoms with van der Waals surface area (Å²) < 4.78 is 5.21. The van der Waals surface area contributed by atoms with Crippen LogP contribution in [0.15, 0.2) is 36.4 Å². The highest BCUT2D eigenvalue weighted by Gasteiger charge is 2.02. The molecule has 94 valence electrons. The molecule has 3 nitrogen and oxygen atoms in total. The summed E-state index contributed by atoms with van der Waals surface area (Å²) in [5.74, 6) is 0.753. The molecule has 0 bridgehead atoms. The van der Waals surface area contributed by atoms with Crippen LogP contribution >= 0.6 is 0 Å². The van der Waals surface area contributed by atoms with Gasteiger partial charge in [-0.3, -0.25) is 0 Å². The molecule has 0 aromatic heterocycles. The van der Waals surface area contributed by atoms with E-state index in [0.29, 0.717) is 5.69 Å². The van der Waals surface area contributed by atoms with Crippen LogP contribution in [0.25, 0.3) is 0 Å². The van der Waals surface area contributed by atoms with Gasteiger partial charge in [-0.05, 0) is 37.1 Å². The lowest BCUT2D eigenvalue weighted by Gasteiger charge is -2.12. The average molecular weight is 242 g/mol. The van der Waals surface area contributed by atoms with Crippen LogP contribution in [0.2, 0.25) is 0 Å². The summed E-state index contributed by atoms with van der Waals surface area (Å²) in [4.78, 5) is 0. The lowest BCUT2D eigenvalue weighted by molar-refractivity contribution is 0.415. The number of hydrogen-bond donors (Lipinski definition) is 2. The highest BCUT2D eigenvalue weighted by atomic mass is 16.5. The Labute approximate surface area is 108 Å². The van der Waals surface area contributed by atoms with E-state index in [0.717, 1.165) is 17.1 Å². The maximum Gasteiger partial charge on any atom is 0.122 e. The molecule has 0 aliphatic carbocycles. The van der Waals surface area contributed by atoms with E-state index in [1.54, 1.807) is 13.2 Å². The highest BCUT2D eigenvalue weighted by molar-refractivity contribution is 5.68. The van der Waals surface area contributed by atoms with Crippen molar-refractivity contribution in [2.24, 2.45) is 0 Å². The Morgan fingerprint density at radius 1 is 1.06 bits per heavy atom. The molecule has 0 fully saturated rings. The lowest BCUT2D eigenvalue weighted by Crippen LogP contribution is -1.96. The van der Waals surface area contributed by atoms with Gasteiger partial charge in [0.25, 0.3) is 0 Å². The number of rotatable bonds is 3. The van der Waals surface area contributed by atoms with Gasteiger partial charge in [0.2, 0.25) is 0 Å². The van der Waals surface area contributed by atoms with Crippen LogP contribution in [0.4, 0.5) is 17.1 Å². The van der Waals surface area contributed by atoms with Crippen molar-refractivity contribution in [2.75, 3.05) is 18.2 Å². The predicted octanol–water partition coefficient (Wildman–Crippen LogP) is 3.64. The zero-order chi connectivity index (χ0) is 13.1. The third-order valence-corrected chi connectivity index (χ3v) is 2.84. The zero-order valence-corrected chi connectivity index (χ0v) is 10.9. The molecule has 3 heteroatoms. The molecular formula is C15H18N2O. The first-order valence-corrected chi connectivity index (χ1v) is 5.87. The second-order valence-electron chi connectivity index (χ2n) is 4.44. The third kappa shape index (κ3) is 2.74. The van der Waals surface area contributed by atoms with Crippen LogP contribution in [0.1, 0.15) is 11.1 Å². The van der Waals surface area contributed by atoms with Crippen LogP contribution in [-0.4, -0.2) is 7.11 Å². The summed E-state index contributed by atoms with van der Waals surface area (Å²) in [6.45, 7) is 4.15. The number of nitrogens with one attached hydrogen (secondary N) is 1. The Bertz CT molecular complexity index is 564. The Balaban J connectivity index is 2.33. The van der Waals surface area contributed by atoms with Crippen molar-refractivity contribution in [3.05, 3.63) is 47.5 Å². The number of methoxy groups -OCH3 is 1. The van der Waals surface area contributed by atoms with Crippen LogP contribution in [0.3, 0.4) is 0 Å². The minimum Gasteiger partial charge on any atom is -0.497 e. The lowest BCUT2D eigenvalue weighted by atomic mass is 10.1. The van der Waals surface area contributed by atoms with Gasteiger partial charge in [-0.1, -0.05) is 12.1 Å². The summed E-state index contributed by atoms with van der Waals surface area (Å²) in [6.07, 6.45) is 0. The van der Waals surface area contributed by atoms with Crippen molar-refractivity contribution in [3.63, 3.8) is 0 Å². The molecule has 2 rings (SSSR count). The van der Waals surface area contributed by atoms with Gasteiger partial charge >= 0.3 is 0 Å². The van der Waals surface area contributed by atoms with Gasteiger partial charge in [-0.2, -0.15) is 0 Å². The molecule has 0 radical (unpaired) electrons. The van der Waals surface area contributed by atoms with E-state index < -0.39 is 0 Å². The van der Waals surface area contributed by atoms with Crippen LogP contribution in [0.5, 0.6) is 5.75 Å². The maximum atomic E-state index is 5.84. The Morgan fingerprint density at radius 3 is 2.56 bits per heavy atom. The van der Waals surface area contributed by atoms with E-state index in [1.165, 1.54) is 11.1 Å². The molecule has 0 spiro atoms. The molecule has 0 heterocycles. The summed E-state index contributed by atoms with van der Waals surface area (Å²) in [7, 11) is 1.64. The minimum absolute atomic E-state index is 0.683. The second-order valence-corrected chi connectivity index (χ2v) is 4.44. The van der Waals surface area contributed by atoms with Crippen LogP contribution in [-0.2, 0) is 0 Å². The van der Waals surface area contributed by atoms with E-state index >= 15 is 0 Å². The Hall–Kier alpha value is -2.16. The fourth-order valence-electron chi connectivity index (χ4n) is 1.84. The molecule has 0 aliphatic rings. The molecule has 2 aromatic rings. The number of anilines is 3. The van der Waals surface area contributed by atoms with Crippen molar-refractivity contribution in [1.29, 1.82) is 0 Å². The molecule has 18 heavy (non-hydrogen) atoms. The molecule has 2 aromatic carbocycles. The maximum absolute atomic E-state index is 5.84. The van der Waals surface area contributed by atoms with E-state index in [9.17, 15) is 0 Å². The molecule has 0 unspecified atom stereocenters. The second kappa shape index (κ2) is 5.00. The first kappa shape index (κ1) is 12.3. The van der Waals surface area contributed by atoms with Crippen molar-refractivity contribution >= 4 is 17.1 Å². The molecule has 0 saturated heterocycles. The fraction of sp³-hybridized carbons (Fsp3) is 0.200. The molecule has 0 aliphatic heterocycles. The number of benzene rings is 2. The minimum atomic E-state index is 0.683. The van der Waals surface area contributed by atoms with Gasteiger partial charge in [0.05, 0.1) is 7.11 Å². The van der Waals surface area contributed by atoms with E-state index in [4.69, 9.17) is 10.5 Å². The van der Waals surface area contributed by atoms with E-state index in [2.05, 4.69) is 37.4 Å². The van der Waals surface area contributed by atoms with Crippen molar-refractivity contribution in [2.45, 2.75) is 13.8 Å². The third-order valence-electron chi connectivity index (χ3n) is 2.84. The van der Waals surface area contributed by atoms with Gasteiger partial charge in [-0.15, -0.1) is 0 Å². The summed E-state index contributed by atoms with van der Waals surface area (Å²) >= 11 is 0. The molecular weight excluding hydrogens is 224 g/mol. The van der Waals surface area contributed by atoms with Crippen molar-refractivity contribution < 1.29 is 4.74 Å². The standard InChI is InChI=1S/C15H18N2O/c1-10-4-5-11(2)15(6-10)17-13-7-12(16)8-14(9-13)18-3/h4-9,17H,16H2,1-3H3. The molecule has 0 amide bonds. The van der Waals surface area contributed by atoms with Gasteiger partial charge in [0, 0.05) is 29.2 Å². The van der Waals surface area contributed by atoms with Crippen molar-refractivity contribution in [1.82, 2.24) is 0 Å². The summed E-state index contributed by atoms with van der Waals surface area (Å²) in [5.41, 5.74) is 11.0. The fourth-order valence-corrected chi connectivity index (χ4v) is 1.84. The van der Waals surface area contributed by atoms with Gasteiger partial charge < -0.3 is 15.8 Å². The van der Waals surface area contributed by atoms with E-state index in [1.807, 2.05) is 12.1 Å². The molecule has 0 saturated carbocycles. The SMILES string of the molecule is COc1cc(N)cc(Nc2cc(C)ccc2C)c1. The van der Waals surface area contributed by atoms with Gasteiger partial charge in [-0.25, -0.2) is 0 Å². The number of ether oxygens (including phenoxy) is 1. The first-order chi connectivity index (χ1) is 8.58. The van der Waals surface area contributed by atoms with Crippen LogP contribution in [0, 0.1) is 13.8 Å². The number of aryl methyl sites for hydroxylation is 2. The van der Waals surface area contributed by atoms with Crippen molar-refractivity contribution in [3.8, 4) is 5.75 Å². The Kier molecular flexibility index (Phi) is 3.42. The monoisotopic (exact) mass is 242 g/mol. The van der Waals surface area contributed by atoms with E-state index in [-0.39, 0.29) is 0 Å². The Morgan fingerprint density at radius 2 is 1.83 bits per heavy atom. The van der Waals surface area contributed by atoms with Crippen LogP contribution < -0.4 is 15.8 Å². The van der Waals surface area contributed by atoms with Gasteiger partial charge in [0.15, 0.2) is 0 Å². The zero-order valence-electron chi connectivity index (χ0n) is 10.9. The number of nitrogens with two attached hydrogens (primary N) is 1. The summed E-state index contributed by atoms with van der Waals surface area (Å²) in [6, 6.07) is 11.9. The largest absolute Gasteiger partial charge is 0.497 e. The molecule has 3 N–H and O–H groups in total. The van der Waals surface area contributed by atoms with Gasteiger partial charge in [0.1, 0.15) is 5.75 Å². The predicted molar refractivity (Wildman–Crippen MR) is 76.6 cm³/mol. The number of hydrogen-bond acceptors (Lipinski definition) is 3. The topological polar surface area (TPSA) is 47.3 Å². The summed E-state index contributed by atoms with van der Waals surface area (Å²) in [5, 5.41) is 3.37. The highest BCUT2D eigenvalue weighted by Crippen LogP contribution is 2.27. The number of nitrogen functional groups attached to an aromatic ring is 1. The first-order valence-electron chi connectivity index (χ1n) is 5.87. The molecule has 0 atom stereocenters. The average Bonchev–Trinajstić information content (AvgIpc) is 2.33. The smallest absolute Gasteiger partial charge is 0.122 e.